The van der Waals surface area contributed by atoms with Gasteiger partial charge in [0, 0.05) is 26.2 Å². The molecule has 0 bridgehead atoms. The number of nitrogens with zero attached hydrogens (tertiary/aromatic N) is 1. The molecule has 0 spiro atoms. The number of rotatable bonds is 5. The number of hydrogen-bond donors (Lipinski definition) is 2. The second-order valence-corrected chi connectivity index (χ2v) is 6.30. The highest BCUT2D eigenvalue weighted by Crippen LogP contribution is 2.05. The monoisotopic (exact) mass is 235 g/mol. The van der Waals surface area contributed by atoms with Gasteiger partial charge >= 0.3 is 0 Å². The van der Waals surface area contributed by atoms with Crippen LogP contribution in [0.5, 0.6) is 0 Å². The van der Waals surface area contributed by atoms with Crippen molar-refractivity contribution in [2.24, 2.45) is 5.92 Å². The first-order chi connectivity index (χ1) is 6.92. The van der Waals surface area contributed by atoms with Crippen molar-refractivity contribution >= 4 is 10.2 Å². The standard InChI is InChI=1S/C9H21N3O2S/c1-8(2)7-12(3)15(13,14)11-9-4-5-10-6-9/h8-11H,4-7H2,1-3H3. The fourth-order valence-electron chi connectivity index (χ4n) is 1.67. The molecule has 1 atom stereocenters. The second kappa shape index (κ2) is 5.25. The first-order valence-electron chi connectivity index (χ1n) is 5.36. The van der Waals surface area contributed by atoms with Crippen molar-refractivity contribution < 1.29 is 8.42 Å². The molecule has 1 fully saturated rings. The molecule has 0 aliphatic carbocycles. The van der Waals surface area contributed by atoms with Crippen molar-refractivity contribution in [2.45, 2.75) is 26.3 Å². The third-order valence-corrected chi connectivity index (χ3v) is 4.01. The Hall–Kier alpha value is -0.170. The minimum atomic E-state index is -3.30. The minimum absolute atomic E-state index is 0.0459. The summed E-state index contributed by atoms with van der Waals surface area (Å²) < 4.78 is 27.7. The van der Waals surface area contributed by atoms with Gasteiger partial charge in [-0.1, -0.05) is 13.8 Å². The van der Waals surface area contributed by atoms with Gasteiger partial charge in [0.2, 0.25) is 0 Å². The molecule has 1 aliphatic rings. The largest absolute Gasteiger partial charge is 0.315 e. The summed E-state index contributed by atoms with van der Waals surface area (Å²) in [5.74, 6) is 0.341. The van der Waals surface area contributed by atoms with E-state index >= 15 is 0 Å². The maximum Gasteiger partial charge on any atom is 0.279 e. The molecule has 1 unspecified atom stereocenters. The topological polar surface area (TPSA) is 61.4 Å². The van der Waals surface area contributed by atoms with E-state index in [1.54, 1.807) is 7.05 Å². The fraction of sp³-hybridized carbons (Fsp3) is 1.00. The summed E-state index contributed by atoms with van der Waals surface area (Å²) in [5.41, 5.74) is 0. The summed E-state index contributed by atoms with van der Waals surface area (Å²) in [7, 11) is -1.68. The van der Waals surface area contributed by atoms with Crippen LogP contribution >= 0.6 is 0 Å². The molecule has 1 aliphatic heterocycles. The molecule has 0 amide bonds. The SMILES string of the molecule is CC(C)CN(C)S(=O)(=O)NC1CCNC1. The van der Waals surface area contributed by atoms with Crippen LogP contribution in [0, 0.1) is 5.92 Å². The lowest BCUT2D eigenvalue weighted by atomic mass is 10.2. The number of nitrogens with one attached hydrogen (secondary N) is 2. The van der Waals surface area contributed by atoms with E-state index in [9.17, 15) is 8.42 Å². The van der Waals surface area contributed by atoms with Crippen LogP contribution in [-0.4, -0.2) is 45.4 Å². The molecule has 2 N–H and O–H groups in total. The average Bonchev–Trinajstić information content (AvgIpc) is 2.54. The zero-order chi connectivity index (χ0) is 11.5. The zero-order valence-electron chi connectivity index (χ0n) is 9.66. The molecule has 0 saturated carbocycles. The Morgan fingerprint density at radius 1 is 1.53 bits per heavy atom. The van der Waals surface area contributed by atoms with Gasteiger partial charge in [0.25, 0.3) is 10.2 Å². The highest BCUT2D eigenvalue weighted by Gasteiger charge is 2.24. The molecule has 0 aromatic rings. The van der Waals surface area contributed by atoms with Crippen LogP contribution in [0.3, 0.4) is 0 Å². The van der Waals surface area contributed by atoms with Gasteiger partial charge in [-0.3, -0.25) is 0 Å². The van der Waals surface area contributed by atoms with Gasteiger partial charge in [-0.25, -0.2) is 0 Å². The van der Waals surface area contributed by atoms with E-state index in [2.05, 4.69) is 10.0 Å². The molecule has 0 aromatic carbocycles. The van der Waals surface area contributed by atoms with Gasteiger partial charge in [0.15, 0.2) is 0 Å². The molecular weight excluding hydrogens is 214 g/mol. The third-order valence-electron chi connectivity index (χ3n) is 2.41. The van der Waals surface area contributed by atoms with Crippen LogP contribution in [0.1, 0.15) is 20.3 Å². The van der Waals surface area contributed by atoms with Gasteiger partial charge in [0.05, 0.1) is 0 Å². The fourth-order valence-corrected chi connectivity index (χ4v) is 2.96. The molecule has 6 heteroatoms. The van der Waals surface area contributed by atoms with Gasteiger partial charge < -0.3 is 5.32 Å². The maximum absolute atomic E-state index is 11.8. The summed E-state index contributed by atoms with van der Waals surface area (Å²) in [5, 5.41) is 3.13. The lowest BCUT2D eigenvalue weighted by Crippen LogP contribution is -2.45. The highest BCUT2D eigenvalue weighted by atomic mass is 32.2. The normalized spacial score (nSPS) is 22.9. The minimum Gasteiger partial charge on any atom is -0.315 e. The Bertz CT molecular complexity index is 284. The van der Waals surface area contributed by atoms with Crippen molar-refractivity contribution in [1.29, 1.82) is 0 Å². The summed E-state index contributed by atoms with van der Waals surface area (Å²) >= 11 is 0. The molecule has 0 aromatic heterocycles. The Morgan fingerprint density at radius 2 is 2.20 bits per heavy atom. The van der Waals surface area contributed by atoms with Crippen molar-refractivity contribution in [3.05, 3.63) is 0 Å². The van der Waals surface area contributed by atoms with Gasteiger partial charge in [-0.2, -0.15) is 17.4 Å². The van der Waals surface area contributed by atoms with Crippen LogP contribution in [0.25, 0.3) is 0 Å². The Labute approximate surface area is 92.4 Å². The zero-order valence-corrected chi connectivity index (χ0v) is 10.5. The van der Waals surface area contributed by atoms with E-state index in [0.29, 0.717) is 12.5 Å². The molecule has 0 radical (unpaired) electrons. The predicted octanol–water partition coefficient (Wildman–Crippen LogP) is -0.229. The highest BCUT2D eigenvalue weighted by molar-refractivity contribution is 7.87. The molecule has 1 rings (SSSR count). The molecule has 1 saturated heterocycles. The van der Waals surface area contributed by atoms with E-state index in [1.807, 2.05) is 13.8 Å². The molecule has 5 nitrogen and oxygen atoms in total. The van der Waals surface area contributed by atoms with Crippen LogP contribution in [0.2, 0.25) is 0 Å². The van der Waals surface area contributed by atoms with Crippen LogP contribution < -0.4 is 10.0 Å². The Balaban J connectivity index is 2.49. The molecule has 90 valence electrons. The van der Waals surface area contributed by atoms with E-state index in [0.717, 1.165) is 19.5 Å². The summed E-state index contributed by atoms with van der Waals surface area (Å²) in [4.78, 5) is 0. The summed E-state index contributed by atoms with van der Waals surface area (Å²) in [6.45, 7) is 6.18. The van der Waals surface area contributed by atoms with Gasteiger partial charge in [-0.05, 0) is 18.9 Å². The smallest absolute Gasteiger partial charge is 0.279 e. The van der Waals surface area contributed by atoms with Gasteiger partial charge in [0.1, 0.15) is 0 Å². The van der Waals surface area contributed by atoms with Crippen molar-refractivity contribution in [3.63, 3.8) is 0 Å². The molecule has 15 heavy (non-hydrogen) atoms. The summed E-state index contributed by atoms with van der Waals surface area (Å²) in [6.07, 6.45) is 0.870. The lowest BCUT2D eigenvalue weighted by molar-refractivity contribution is 0.405. The quantitative estimate of drug-likeness (QED) is 0.692. The lowest BCUT2D eigenvalue weighted by Gasteiger charge is -2.21. The second-order valence-electron chi connectivity index (χ2n) is 4.49. The van der Waals surface area contributed by atoms with E-state index < -0.39 is 10.2 Å². The molecular formula is C9H21N3O2S. The average molecular weight is 235 g/mol. The number of hydrogen-bond acceptors (Lipinski definition) is 3. The van der Waals surface area contributed by atoms with Crippen LogP contribution in [0.4, 0.5) is 0 Å². The maximum atomic E-state index is 11.8. The predicted molar refractivity (Wildman–Crippen MR) is 60.8 cm³/mol. The van der Waals surface area contributed by atoms with Crippen molar-refractivity contribution in [2.75, 3.05) is 26.7 Å². The van der Waals surface area contributed by atoms with E-state index in [1.165, 1.54) is 4.31 Å². The Morgan fingerprint density at radius 3 is 2.67 bits per heavy atom. The molecule has 1 heterocycles. The third kappa shape index (κ3) is 4.06. The van der Waals surface area contributed by atoms with E-state index in [4.69, 9.17) is 0 Å². The van der Waals surface area contributed by atoms with Crippen LogP contribution in [0.15, 0.2) is 0 Å². The first-order valence-corrected chi connectivity index (χ1v) is 6.80. The van der Waals surface area contributed by atoms with Gasteiger partial charge in [-0.15, -0.1) is 0 Å². The van der Waals surface area contributed by atoms with E-state index in [-0.39, 0.29) is 6.04 Å². The first kappa shape index (κ1) is 12.9. The Kier molecular flexibility index (Phi) is 4.51. The summed E-state index contributed by atoms with van der Waals surface area (Å²) in [6, 6.07) is 0.0459. The van der Waals surface area contributed by atoms with Crippen LogP contribution in [-0.2, 0) is 10.2 Å². The van der Waals surface area contributed by atoms with Crippen molar-refractivity contribution in [1.82, 2.24) is 14.3 Å². The van der Waals surface area contributed by atoms with Crippen molar-refractivity contribution in [3.8, 4) is 0 Å².